The lowest BCUT2D eigenvalue weighted by molar-refractivity contribution is 0.0987. The van der Waals surface area contributed by atoms with Crippen molar-refractivity contribution in [2.45, 2.75) is 0 Å². The summed E-state index contributed by atoms with van der Waals surface area (Å²) in [6, 6.07) is 16.2. The summed E-state index contributed by atoms with van der Waals surface area (Å²) in [7, 11) is 0. The van der Waals surface area contributed by atoms with Crippen molar-refractivity contribution >= 4 is 11.6 Å². The predicted molar refractivity (Wildman–Crippen MR) is 78.0 cm³/mol. The summed E-state index contributed by atoms with van der Waals surface area (Å²) in [5, 5.41) is 15.9. The molecule has 5 nitrogen and oxygen atoms in total. The highest BCUT2D eigenvalue weighted by molar-refractivity contribution is 6.03. The van der Waals surface area contributed by atoms with Gasteiger partial charge >= 0.3 is 0 Å². The van der Waals surface area contributed by atoms with Crippen molar-refractivity contribution in [3.63, 3.8) is 0 Å². The predicted octanol–water partition coefficient (Wildman–Crippen LogP) is 3.30. The van der Waals surface area contributed by atoms with Crippen LogP contribution in [-0.2, 0) is 0 Å². The maximum Gasteiger partial charge on any atom is 0.294 e. The molecule has 0 atom stereocenters. The molecule has 3 rings (SSSR count). The number of hydrogen-bond donors (Lipinski definition) is 2. The van der Waals surface area contributed by atoms with Gasteiger partial charge in [0.15, 0.2) is 0 Å². The van der Waals surface area contributed by atoms with E-state index in [4.69, 9.17) is 4.52 Å². The summed E-state index contributed by atoms with van der Waals surface area (Å²) < 4.78 is 4.78. The van der Waals surface area contributed by atoms with E-state index in [0.29, 0.717) is 5.69 Å². The molecule has 0 spiro atoms. The highest BCUT2D eigenvalue weighted by atomic mass is 16.5. The molecule has 0 unspecified atom stereocenters. The zero-order valence-corrected chi connectivity index (χ0v) is 11.0. The Balaban J connectivity index is 1.90. The number of carbonyl (C=O) groups is 1. The van der Waals surface area contributed by atoms with Crippen LogP contribution in [0.5, 0.6) is 5.75 Å². The number of benzene rings is 2. The van der Waals surface area contributed by atoms with Crippen molar-refractivity contribution in [2.75, 3.05) is 5.32 Å². The zero-order chi connectivity index (χ0) is 14.7. The Kier molecular flexibility index (Phi) is 3.39. The van der Waals surface area contributed by atoms with Crippen molar-refractivity contribution in [3.05, 3.63) is 66.6 Å². The fourth-order valence-corrected chi connectivity index (χ4v) is 1.96. The molecule has 104 valence electrons. The Hall–Kier alpha value is -3.08. The van der Waals surface area contributed by atoms with Crippen LogP contribution in [0.2, 0.25) is 0 Å². The Labute approximate surface area is 120 Å². The van der Waals surface area contributed by atoms with Crippen LogP contribution in [-0.4, -0.2) is 16.2 Å². The molecule has 2 N–H and O–H groups in total. The molecule has 0 aliphatic rings. The van der Waals surface area contributed by atoms with Crippen LogP contribution in [0.1, 0.15) is 10.6 Å². The quantitative estimate of drug-likeness (QED) is 0.722. The number of nitrogens with zero attached hydrogens (tertiary/aromatic N) is 1. The summed E-state index contributed by atoms with van der Waals surface area (Å²) in [6.45, 7) is 0. The van der Waals surface area contributed by atoms with Gasteiger partial charge in [-0.15, -0.1) is 0 Å². The maximum absolute atomic E-state index is 11.9. The highest BCUT2D eigenvalue weighted by Crippen LogP contribution is 2.30. The molecule has 1 aromatic heterocycles. The largest absolute Gasteiger partial charge is 0.506 e. The van der Waals surface area contributed by atoms with Crippen molar-refractivity contribution in [2.24, 2.45) is 0 Å². The molecule has 5 heteroatoms. The average Bonchev–Trinajstić information content (AvgIpc) is 3.05. The van der Waals surface area contributed by atoms with Crippen LogP contribution in [0.25, 0.3) is 11.1 Å². The smallest absolute Gasteiger partial charge is 0.294 e. The normalized spacial score (nSPS) is 10.3. The summed E-state index contributed by atoms with van der Waals surface area (Å²) >= 11 is 0. The van der Waals surface area contributed by atoms with E-state index in [1.807, 2.05) is 30.3 Å². The van der Waals surface area contributed by atoms with Gasteiger partial charge in [-0.05, 0) is 23.3 Å². The molecule has 0 aliphatic heterocycles. The fourth-order valence-electron chi connectivity index (χ4n) is 1.96. The molecule has 0 bridgehead atoms. The molecule has 0 radical (unpaired) electrons. The minimum Gasteiger partial charge on any atom is -0.506 e. The van der Waals surface area contributed by atoms with Gasteiger partial charge in [0.25, 0.3) is 5.91 Å². The van der Waals surface area contributed by atoms with Crippen molar-refractivity contribution < 1.29 is 14.4 Å². The third-order valence-electron chi connectivity index (χ3n) is 3.01. The SMILES string of the molecule is O=C(Nc1cc(-c2ccccc2)ccc1O)c1ccno1. The number of anilines is 1. The first kappa shape index (κ1) is 12.9. The van der Waals surface area contributed by atoms with Crippen molar-refractivity contribution in [1.29, 1.82) is 0 Å². The Morgan fingerprint density at radius 3 is 2.57 bits per heavy atom. The number of carbonyl (C=O) groups excluding carboxylic acids is 1. The van der Waals surface area contributed by atoms with Gasteiger partial charge in [-0.3, -0.25) is 4.79 Å². The molecule has 1 heterocycles. The summed E-state index contributed by atoms with van der Waals surface area (Å²) in [4.78, 5) is 11.9. The van der Waals surface area contributed by atoms with Gasteiger partial charge in [-0.2, -0.15) is 0 Å². The molecule has 1 amide bonds. The topological polar surface area (TPSA) is 75.4 Å². The molecule has 0 aliphatic carbocycles. The van der Waals surface area contributed by atoms with E-state index in [2.05, 4.69) is 10.5 Å². The second kappa shape index (κ2) is 5.50. The van der Waals surface area contributed by atoms with Crippen molar-refractivity contribution in [1.82, 2.24) is 5.16 Å². The van der Waals surface area contributed by atoms with E-state index < -0.39 is 5.91 Å². The number of rotatable bonds is 3. The van der Waals surface area contributed by atoms with E-state index in [1.54, 1.807) is 18.2 Å². The van der Waals surface area contributed by atoms with Crippen LogP contribution in [0.3, 0.4) is 0 Å². The number of phenols is 1. The van der Waals surface area contributed by atoms with Crippen LogP contribution in [0, 0.1) is 0 Å². The zero-order valence-electron chi connectivity index (χ0n) is 11.0. The maximum atomic E-state index is 11.9. The fraction of sp³-hybridized carbons (Fsp3) is 0. The van der Waals surface area contributed by atoms with Gasteiger partial charge in [-0.25, -0.2) is 0 Å². The molecule has 0 fully saturated rings. The molecule has 3 aromatic rings. The highest BCUT2D eigenvalue weighted by Gasteiger charge is 2.13. The van der Waals surface area contributed by atoms with E-state index in [1.165, 1.54) is 12.3 Å². The van der Waals surface area contributed by atoms with E-state index in [9.17, 15) is 9.90 Å². The van der Waals surface area contributed by atoms with Crippen LogP contribution in [0.15, 0.2) is 65.3 Å². The third kappa shape index (κ3) is 2.76. The summed E-state index contributed by atoms with van der Waals surface area (Å²) in [6.07, 6.45) is 1.38. The lowest BCUT2D eigenvalue weighted by Crippen LogP contribution is -2.11. The third-order valence-corrected chi connectivity index (χ3v) is 3.01. The first-order chi connectivity index (χ1) is 10.2. The van der Waals surface area contributed by atoms with E-state index in [-0.39, 0.29) is 11.5 Å². The van der Waals surface area contributed by atoms with E-state index in [0.717, 1.165) is 11.1 Å². The van der Waals surface area contributed by atoms with Gasteiger partial charge in [0, 0.05) is 6.07 Å². The first-order valence-corrected chi connectivity index (χ1v) is 6.34. The molecule has 0 saturated carbocycles. The Morgan fingerprint density at radius 2 is 1.86 bits per heavy atom. The van der Waals surface area contributed by atoms with Crippen molar-refractivity contribution in [3.8, 4) is 16.9 Å². The van der Waals surface area contributed by atoms with Crippen LogP contribution >= 0.6 is 0 Å². The molecular weight excluding hydrogens is 268 g/mol. The van der Waals surface area contributed by atoms with Gasteiger partial charge in [0.1, 0.15) is 5.75 Å². The van der Waals surface area contributed by atoms with Gasteiger partial charge in [-0.1, -0.05) is 41.6 Å². The van der Waals surface area contributed by atoms with Gasteiger partial charge in [0.2, 0.25) is 5.76 Å². The second-order valence-corrected chi connectivity index (χ2v) is 4.43. The van der Waals surface area contributed by atoms with Crippen LogP contribution < -0.4 is 5.32 Å². The molecule has 21 heavy (non-hydrogen) atoms. The number of aromatic hydroxyl groups is 1. The second-order valence-electron chi connectivity index (χ2n) is 4.43. The van der Waals surface area contributed by atoms with Gasteiger partial charge in [0.05, 0.1) is 11.9 Å². The molecule has 0 saturated heterocycles. The lowest BCUT2D eigenvalue weighted by Gasteiger charge is -2.08. The summed E-state index contributed by atoms with van der Waals surface area (Å²) in [5.74, 6) is -0.393. The Morgan fingerprint density at radius 1 is 1.05 bits per heavy atom. The minimum absolute atomic E-state index is 0.0115. The monoisotopic (exact) mass is 280 g/mol. The molecular formula is C16H12N2O3. The Bertz CT molecular complexity index is 752. The number of hydrogen-bond acceptors (Lipinski definition) is 4. The molecule has 2 aromatic carbocycles. The standard InChI is InChI=1S/C16H12N2O3/c19-14-7-6-12(11-4-2-1-3-5-11)10-13(14)18-16(20)15-8-9-17-21-15/h1-10,19H,(H,18,20). The number of phenolic OH excluding ortho intramolecular Hbond substituents is 1. The van der Waals surface area contributed by atoms with E-state index >= 15 is 0 Å². The van der Waals surface area contributed by atoms with Crippen LogP contribution in [0.4, 0.5) is 5.69 Å². The lowest BCUT2D eigenvalue weighted by atomic mass is 10.0. The first-order valence-electron chi connectivity index (χ1n) is 6.34. The van der Waals surface area contributed by atoms with Gasteiger partial charge < -0.3 is 14.9 Å². The number of amides is 1. The minimum atomic E-state index is -0.465. The average molecular weight is 280 g/mol. The number of aromatic nitrogens is 1. The summed E-state index contributed by atoms with van der Waals surface area (Å²) in [5.41, 5.74) is 2.20. The number of nitrogens with one attached hydrogen (secondary N) is 1.